The largest absolute Gasteiger partial charge is 0.348 e. The van der Waals surface area contributed by atoms with Crippen LogP contribution in [0.25, 0.3) is 0 Å². The lowest BCUT2D eigenvalue weighted by Crippen LogP contribution is -2.42. The van der Waals surface area contributed by atoms with Gasteiger partial charge in [0.25, 0.3) is 5.91 Å². The number of nitrogens with zero attached hydrogens (tertiary/aromatic N) is 3. The smallest absolute Gasteiger partial charge is 0.273 e. The summed E-state index contributed by atoms with van der Waals surface area (Å²) in [6.45, 7) is 1.10. The van der Waals surface area contributed by atoms with Gasteiger partial charge in [-0.25, -0.2) is 0 Å². The highest BCUT2D eigenvalue weighted by atomic mass is 16.2. The number of nitrogens with two attached hydrogens (primary N) is 1. The molecule has 114 valence electrons. The van der Waals surface area contributed by atoms with Crippen molar-refractivity contribution in [2.45, 2.75) is 44.7 Å². The molecular formula is C15H23N5O. The second kappa shape index (κ2) is 5.09. The monoisotopic (exact) mass is 289 g/mol. The van der Waals surface area contributed by atoms with Crippen molar-refractivity contribution in [1.29, 1.82) is 0 Å². The zero-order valence-electron chi connectivity index (χ0n) is 12.2. The van der Waals surface area contributed by atoms with Gasteiger partial charge in [-0.05, 0) is 49.4 Å². The molecule has 3 N–H and O–H groups in total. The summed E-state index contributed by atoms with van der Waals surface area (Å²) in [5, 5.41) is 11.1. The first kappa shape index (κ1) is 13.2. The number of hydrogen-bond acceptors (Lipinski definition) is 4. The lowest BCUT2D eigenvalue weighted by molar-refractivity contribution is 0.0896. The van der Waals surface area contributed by atoms with Gasteiger partial charge >= 0.3 is 0 Å². The molecule has 0 aliphatic heterocycles. The van der Waals surface area contributed by atoms with E-state index >= 15 is 0 Å². The fourth-order valence-corrected chi connectivity index (χ4v) is 5.12. The van der Waals surface area contributed by atoms with Gasteiger partial charge in [-0.2, -0.15) is 0 Å². The summed E-state index contributed by atoms with van der Waals surface area (Å²) in [7, 11) is 0. The maximum Gasteiger partial charge on any atom is 0.273 e. The summed E-state index contributed by atoms with van der Waals surface area (Å²) in [6.07, 6.45) is 8.34. The van der Waals surface area contributed by atoms with Gasteiger partial charge < -0.3 is 11.1 Å². The van der Waals surface area contributed by atoms with Crippen molar-refractivity contribution in [3.63, 3.8) is 0 Å². The fraction of sp³-hybridized carbons (Fsp3) is 0.800. The molecule has 3 saturated carbocycles. The minimum Gasteiger partial charge on any atom is -0.348 e. The van der Waals surface area contributed by atoms with E-state index in [4.69, 9.17) is 5.73 Å². The lowest BCUT2D eigenvalue weighted by Gasteiger charge is -2.31. The van der Waals surface area contributed by atoms with E-state index in [-0.39, 0.29) is 5.91 Å². The third-order valence-electron chi connectivity index (χ3n) is 5.87. The minimum absolute atomic E-state index is 0.0784. The van der Waals surface area contributed by atoms with Gasteiger partial charge in [0.15, 0.2) is 5.69 Å². The molecule has 0 saturated heterocycles. The predicted octanol–water partition coefficient (Wildman–Crippen LogP) is 0.791. The van der Waals surface area contributed by atoms with Crippen LogP contribution in [0.3, 0.4) is 0 Å². The van der Waals surface area contributed by atoms with Gasteiger partial charge in [0.2, 0.25) is 0 Å². The maximum atomic E-state index is 12.3. The van der Waals surface area contributed by atoms with Crippen molar-refractivity contribution in [1.82, 2.24) is 20.3 Å². The Morgan fingerprint density at radius 1 is 1.33 bits per heavy atom. The topological polar surface area (TPSA) is 85.8 Å². The lowest BCUT2D eigenvalue weighted by atomic mass is 9.79. The van der Waals surface area contributed by atoms with Crippen molar-refractivity contribution in [3.8, 4) is 0 Å². The van der Waals surface area contributed by atoms with Crippen LogP contribution >= 0.6 is 0 Å². The maximum absolute atomic E-state index is 12.3. The van der Waals surface area contributed by atoms with Crippen molar-refractivity contribution >= 4 is 5.91 Å². The number of carbonyl (C=O) groups excluding carboxylic acids is 1. The fourth-order valence-electron chi connectivity index (χ4n) is 5.12. The Morgan fingerprint density at radius 3 is 3.05 bits per heavy atom. The standard InChI is InChI=1S/C15H23N5O/c16-4-5-20-8-14(18-19-20)15(21)17-13-7-9-6-12(13)11-3-1-2-10(9)11/h8-13H,1-7,16H2,(H,17,21). The average molecular weight is 289 g/mol. The summed E-state index contributed by atoms with van der Waals surface area (Å²) in [5.74, 6) is 3.28. The summed E-state index contributed by atoms with van der Waals surface area (Å²) < 4.78 is 1.63. The molecular weight excluding hydrogens is 266 g/mol. The van der Waals surface area contributed by atoms with Crippen molar-refractivity contribution in [2.75, 3.05) is 6.54 Å². The Hall–Kier alpha value is -1.43. The molecule has 2 bridgehead atoms. The van der Waals surface area contributed by atoms with Crippen molar-refractivity contribution < 1.29 is 4.79 Å². The molecule has 5 atom stereocenters. The van der Waals surface area contributed by atoms with E-state index in [0.29, 0.717) is 30.7 Å². The van der Waals surface area contributed by atoms with Crippen LogP contribution in [0.15, 0.2) is 6.20 Å². The molecule has 0 aromatic carbocycles. The summed E-state index contributed by atoms with van der Waals surface area (Å²) >= 11 is 0. The molecule has 6 nitrogen and oxygen atoms in total. The van der Waals surface area contributed by atoms with Crippen LogP contribution in [0.2, 0.25) is 0 Å². The van der Waals surface area contributed by atoms with Crippen LogP contribution in [0, 0.1) is 23.7 Å². The van der Waals surface area contributed by atoms with Gasteiger partial charge in [-0.1, -0.05) is 11.6 Å². The summed E-state index contributed by atoms with van der Waals surface area (Å²) in [5.41, 5.74) is 5.89. The quantitative estimate of drug-likeness (QED) is 0.858. The molecule has 3 fully saturated rings. The molecule has 3 aliphatic rings. The average Bonchev–Trinajstić information content (AvgIpc) is 3.20. The Labute approximate surface area is 124 Å². The number of fused-ring (bicyclic) bond motifs is 5. The third-order valence-corrected chi connectivity index (χ3v) is 5.87. The zero-order chi connectivity index (χ0) is 14.4. The molecule has 0 spiro atoms. The summed E-state index contributed by atoms with van der Waals surface area (Å²) in [6, 6.07) is 0.349. The molecule has 6 heteroatoms. The van der Waals surface area contributed by atoms with Gasteiger partial charge in [-0.15, -0.1) is 5.10 Å². The number of carbonyl (C=O) groups is 1. The Morgan fingerprint density at radius 2 is 2.19 bits per heavy atom. The van der Waals surface area contributed by atoms with Crippen molar-refractivity contribution in [2.24, 2.45) is 29.4 Å². The molecule has 1 aromatic heterocycles. The third kappa shape index (κ3) is 2.16. The normalized spacial score (nSPS) is 36.9. The SMILES string of the molecule is NCCn1cc(C(=O)NC2CC3CC2C2CCCC32)nn1. The molecule has 0 radical (unpaired) electrons. The Kier molecular flexibility index (Phi) is 3.21. The number of hydrogen-bond donors (Lipinski definition) is 2. The van der Waals surface area contributed by atoms with Gasteiger partial charge in [0.1, 0.15) is 0 Å². The first-order valence-electron chi connectivity index (χ1n) is 8.17. The predicted molar refractivity (Wildman–Crippen MR) is 77.4 cm³/mol. The number of amides is 1. The van der Waals surface area contributed by atoms with Crippen LogP contribution in [-0.2, 0) is 6.54 Å². The molecule has 5 unspecified atom stereocenters. The molecule has 3 aliphatic carbocycles. The first-order valence-corrected chi connectivity index (χ1v) is 8.17. The van der Waals surface area contributed by atoms with Crippen LogP contribution in [0.1, 0.15) is 42.6 Å². The van der Waals surface area contributed by atoms with E-state index in [1.807, 2.05) is 0 Å². The van der Waals surface area contributed by atoms with E-state index in [0.717, 1.165) is 24.2 Å². The van der Waals surface area contributed by atoms with E-state index in [2.05, 4.69) is 15.6 Å². The second-order valence-corrected chi connectivity index (χ2v) is 6.89. The highest BCUT2D eigenvalue weighted by molar-refractivity contribution is 5.92. The van der Waals surface area contributed by atoms with E-state index < -0.39 is 0 Å². The molecule has 4 rings (SSSR count). The van der Waals surface area contributed by atoms with Crippen LogP contribution in [-0.4, -0.2) is 33.5 Å². The summed E-state index contributed by atoms with van der Waals surface area (Å²) in [4.78, 5) is 12.3. The van der Waals surface area contributed by atoms with Crippen molar-refractivity contribution in [3.05, 3.63) is 11.9 Å². The van der Waals surface area contributed by atoms with Crippen LogP contribution in [0.5, 0.6) is 0 Å². The number of nitrogens with one attached hydrogen (secondary N) is 1. The number of rotatable bonds is 4. The van der Waals surface area contributed by atoms with Gasteiger partial charge in [-0.3, -0.25) is 9.48 Å². The van der Waals surface area contributed by atoms with Crippen LogP contribution in [0.4, 0.5) is 0 Å². The molecule has 21 heavy (non-hydrogen) atoms. The van der Waals surface area contributed by atoms with E-state index in [1.165, 1.54) is 25.7 Å². The van der Waals surface area contributed by atoms with Gasteiger partial charge in [0.05, 0.1) is 12.7 Å². The number of aromatic nitrogens is 3. The zero-order valence-corrected chi connectivity index (χ0v) is 12.2. The highest BCUT2D eigenvalue weighted by Crippen LogP contribution is 2.58. The molecule has 1 heterocycles. The molecule has 1 amide bonds. The van der Waals surface area contributed by atoms with E-state index in [1.54, 1.807) is 10.9 Å². The van der Waals surface area contributed by atoms with Gasteiger partial charge in [0, 0.05) is 12.6 Å². The Balaban J connectivity index is 1.41. The second-order valence-electron chi connectivity index (χ2n) is 6.89. The minimum atomic E-state index is -0.0784. The first-order chi connectivity index (χ1) is 10.3. The van der Waals surface area contributed by atoms with E-state index in [9.17, 15) is 4.79 Å². The van der Waals surface area contributed by atoms with Crippen LogP contribution < -0.4 is 11.1 Å². The Bertz CT molecular complexity index is 542. The molecule has 1 aromatic rings. The highest BCUT2D eigenvalue weighted by Gasteiger charge is 2.54.